The van der Waals surface area contributed by atoms with Gasteiger partial charge in [-0.15, -0.1) is 0 Å². The number of rotatable bonds is 3. The molecule has 2 aromatic carbocycles. The van der Waals surface area contributed by atoms with E-state index in [0.29, 0.717) is 24.4 Å². The first-order chi connectivity index (χ1) is 15.4. The molecular weight excluding hydrogens is 449 g/mol. The maximum Gasteiger partial charge on any atom is 0.272 e. The molecule has 0 bridgehead atoms. The molecule has 0 radical (unpaired) electrons. The Morgan fingerprint density at radius 3 is 2.56 bits per heavy atom. The minimum Gasteiger partial charge on any atom is -0.399 e. The van der Waals surface area contributed by atoms with Gasteiger partial charge in [-0.2, -0.15) is 0 Å². The number of aromatic nitrogens is 1. The summed E-state index contributed by atoms with van der Waals surface area (Å²) >= 11 is 12.3. The first-order valence-electron chi connectivity index (χ1n) is 9.91. The van der Waals surface area contributed by atoms with Gasteiger partial charge in [0.05, 0.1) is 27.0 Å². The van der Waals surface area contributed by atoms with E-state index in [1.54, 1.807) is 4.90 Å². The first-order valence-corrected chi connectivity index (χ1v) is 10.7. The van der Waals surface area contributed by atoms with Crippen molar-refractivity contribution in [3.8, 4) is 0 Å². The molecule has 32 heavy (non-hydrogen) atoms. The van der Waals surface area contributed by atoms with E-state index in [0.717, 1.165) is 22.4 Å². The SMILES string of the molecule is Nc1cc2c3c(c1)C(c1ccccc1)=N[C@@H](NC(=O)c1c(Cl)cncc1Cl)C(=O)N3CC2. The molecule has 3 heterocycles. The number of carbonyl (C=O) groups is 2. The highest BCUT2D eigenvalue weighted by Crippen LogP contribution is 2.38. The summed E-state index contributed by atoms with van der Waals surface area (Å²) in [5.41, 5.74) is 10.7. The van der Waals surface area contributed by atoms with Crippen molar-refractivity contribution in [1.29, 1.82) is 0 Å². The summed E-state index contributed by atoms with van der Waals surface area (Å²) in [5.74, 6) is -0.947. The lowest BCUT2D eigenvalue weighted by Gasteiger charge is -2.21. The van der Waals surface area contributed by atoms with Crippen LogP contribution in [-0.4, -0.2) is 35.2 Å². The minimum atomic E-state index is -1.17. The van der Waals surface area contributed by atoms with Gasteiger partial charge in [0.15, 0.2) is 0 Å². The van der Waals surface area contributed by atoms with Gasteiger partial charge in [-0.05, 0) is 24.1 Å². The summed E-state index contributed by atoms with van der Waals surface area (Å²) in [7, 11) is 0. The zero-order valence-corrected chi connectivity index (χ0v) is 18.2. The van der Waals surface area contributed by atoms with E-state index in [4.69, 9.17) is 33.9 Å². The maximum atomic E-state index is 13.5. The molecule has 9 heteroatoms. The Labute approximate surface area is 193 Å². The smallest absolute Gasteiger partial charge is 0.272 e. The van der Waals surface area contributed by atoms with Gasteiger partial charge in [0.25, 0.3) is 11.8 Å². The van der Waals surface area contributed by atoms with Crippen LogP contribution in [0.25, 0.3) is 0 Å². The second-order valence-corrected chi connectivity index (χ2v) is 8.33. The van der Waals surface area contributed by atoms with E-state index < -0.39 is 12.1 Å². The number of amides is 2. The van der Waals surface area contributed by atoms with Crippen LogP contribution in [0, 0.1) is 0 Å². The summed E-state index contributed by atoms with van der Waals surface area (Å²) in [6, 6.07) is 13.2. The van der Waals surface area contributed by atoms with Crippen LogP contribution in [0.5, 0.6) is 0 Å². The molecule has 3 N–H and O–H groups in total. The van der Waals surface area contributed by atoms with Crippen molar-refractivity contribution >= 4 is 52.1 Å². The normalized spacial score (nSPS) is 16.9. The molecule has 3 aromatic rings. The van der Waals surface area contributed by atoms with Crippen molar-refractivity contribution in [1.82, 2.24) is 10.3 Å². The Balaban J connectivity index is 1.64. The van der Waals surface area contributed by atoms with E-state index in [2.05, 4.69) is 10.3 Å². The third-order valence-corrected chi connectivity index (χ3v) is 6.07. The molecule has 0 saturated carbocycles. The monoisotopic (exact) mass is 465 g/mol. The highest BCUT2D eigenvalue weighted by atomic mass is 35.5. The third kappa shape index (κ3) is 3.39. The molecule has 0 unspecified atom stereocenters. The van der Waals surface area contributed by atoms with Crippen LogP contribution in [0.15, 0.2) is 59.9 Å². The van der Waals surface area contributed by atoms with Crippen molar-refractivity contribution in [2.75, 3.05) is 17.2 Å². The number of nitrogen functional groups attached to an aromatic ring is 1. The van der Waals surface area contributed by atoms with Gasteiger partial charge in [0.2, 0.25) is 6.17 Å². The van der Waals surface area contributed by atoms with E-state index in [9.17, 15) is 9.59 Å². The van der Waals surface area contributed by atoms with Gasteiger partial charge in [-0.3, -0.25) is 14.6 Å². The summed E-state index contributed by atoms with van der Waals surface area (Å²) in [6.07, 6.45) is 2.14. The molecule has 1 atom stereocenters. The first kappa shape index (κ1) is 20.5. The average molecular weight is 466 g/mol. The average Bonchev–Trinajstić information content (AvgIpc) is 3.15. The summed E-state index contributed by atoms with van der Waals surface area (Å²) < 4.78 is 0. The van der Waals surface area contributed by atoms with Gasteiger partial charge in [-0.1, -0.05) is 53.5 Å². The summed E-state index contributed by atoms with van der Waals surface area (Å²) in [5, 5.41) is 2.87. The zero-order valence-electron chi connectivity index (χ0n) is 16.7. The Bertz CT molecular complexity index is 1270. The Morgan fingerprint density at radius 1 is 1.12 bits per heavy atom. The van der Waals surface area contributed by atoms with Crippen LogP contribution >= 0.6 is 23.2 Å². The minimum absolute atomic E-state index is 0.0423. The molecule has 2 aliphatic heterocycles. The predicted octanol–water partition coefficient (Wildman–Crippen LogP) is 3.47. The molecule has 2 amide bonds. The largest absolute Gasteiger partial charge is 0.399 e. The van der Waals surface area contributed by atoms with Crippen LogP contribution in [0.4, 0.5) is 11.4 Å². The second-order valence-electron chi connectivity index (χ2n) is 7.51. The standard InChI is InChI=1S/C23H17Cl2N5O2/c24-16-10-27-11-17(25)18(16)22(31)29-21-23(32)30-7-6-13-8-14(26)9-15(20(13)30)19(28-21)12-4-2-1-3-5-12/h1-5,8-11,21H,6-7,26H2,(H,29,31)/t21-/m0/s1. The highest BCUT2D eigenvalue weighted by molar-refractivity contribution is 6.39. The topological polar surface area (TPSA) is 101 Å². The third-order valence-electron chi connectivity index (χ3n) is 5.49. The fourth-order valence-corrected chi connectivity index (χ4v) is 4.66. The number of nitrogens with one attached hydrogen (secondary N) is 1. The van der Waals surface area contributed by atoms with Crippen LogP contribution in [-0.2, 0) is 11.2 Å². The second kappa shape index (κ2) is 7.93. The van der Waals surface area contributed by atoms with Crippen molar-refractivity contribution in [2.45, 2.75) is 12.6 Å². The number of anilines is 2. The van der Waals surface area contributed by atoms with Crippen molar-refractivity contribution in [2.24, 2.45) is 4.99 Å². The molecule has 0 spiro atoms. The lowest BCUT2D eigenvalue weighted by molar-refractivity contribution is -0.120. The Hall–Kier alpha value is -3.42. The molecule has 0 fully saturated rings. The fourth-order valence-electron chi connectivity index (χ4n) is 4.12. The number of nitrogens with zero attached hydrogens (tertiary/aromatic N) is 3. The van der Waals surface area contributed by atoms with Gasteiger partial charge in [0.1, 0.15) is 0 Å². The van der Waals surface area contributed by atoms with Crippen molar-refractivity contribution in [3.63, 3.8) is 0 Å². The van der Waals surface area contributed by atoms with Crippen LogP contribution < -0.4 is 16.0 Å². The van der Waals surface area contributed by atoms with Gasteiger partial charge in [-0.25, -0.2) is 4.99 Å². The number of nitrogens with two attached hydrogens (primary N) is 1. The zero-order chi connectivity index (χ0) is 22.4. The van der Waals surface area contributed by atoms with Crippen LogP contribution in [0.1, 0.15) is 27.0 Å². The maximum absolute atomic E-state index is 13.5. The molecule has 1 aromatic heterocycles. The van der Waals surface area contributed by atoms with E-state index >= 15 is 0 Å². The van der Waals surface area contributed by atoms with E-state index in [1.807, 2.05) is 42.5 Å². The van der Waals surface area contributed by atoms with Gasteiger partial charge in [0, 0.05) is 35.8 Å². The number of benzene rings is 2. The van der Waals surface area contributed by atoms with Crippen molar-refractivity contribution < 1.29 is 9.59 Å². The number of hydrogen-bond donors (Lipinski definition) is 2. The molecular formula is C23H17Cl2N5O2. The number of pyridine rings is 1. The molecule has 2 aliphatic rings. The van der Waals surface area contributed by atoms with E-state index in [1.165, 1.54) is 12.4 Å². The lowest BCUT2D eigenvalue weighted by Crippen LogP contribution is -2.47. The summed E-state index contributed by atoms with van der Waals surface area (Å²) in [6.45, 7) is 0.478. The van der Waals surface area contributed by atoms with Crippen LogP contribution in [0.3, 0.4) is 0 Å². The molecule has 0 saturated heterocycles. The quantitative estimate of drug-likeness (QED) is 0.578. The number of hydrogen-bond acceptors (Lipinski definition) is 5. The fraction of sp³-hybridized carbons (Fsp3) is 0.130. The Morgan fingerprint density at radius 2 is 1.84 bits per heavy atom. The van der Waals surface area contributed by atoms with Gasteiger partial charge >= 0.3 is 0 Å². The number of halogens is 2. The molecule has 7 nitrogen and oxygen atoms in total. The predicted molar refractivity (Wildman–Crippen MR) is 125 cm³/mol. The molecule has 160 valence electrons. The lowest BCUT2D eigenvalue weighted by atomic mass is 9.97. The van der Waals surface area contributed by atoms with Gasteiger partial charge < -0.3 is 16.0 Å². The number of aliphatic imine (C=N–C) groups is 1. The molecule has 5 rings (SSSR count). The molecule has 0 aliphatic carbocycles. The number of carbonyl (C=O) groups excluding carboxylic acids is 2. The summed E-state index contributed by atoms with van der Waals surface area (Å²) in [4.78, 5) is 36.7. The highest BCUT2D eigenvalue weighted by Gasteiger charge is 2.37. The Kier molecular flexibility index (Phi) is 5.07. The van der Waals surface area contributed by atoms with Crippen molar-refractivity contribution in [3.05, 3.63) is 87.2 Å². The van der Waals surface area contributed by atoms with E-state index in [-0.39, 0.29) is 21.5 Å². The van der Waals surface area contributed by atoms with Crippen LogP contribution in [0.2, 0.25) is 10.0 Å².